The van der Waals surface area contributed by atoms with Gasteiger partial charge in [-0.3, -0.25) is 0 Å². The Kier molecular flexibility index (Phi) is 11.7. The predicted octanol–water partition coefficient (Wildman–Crippen LogP) is 10.8. The Morgan fingerprint density at radius 1 is 0.809 bits per heavy atom. The Bertz CT molecular complexity index is 1910. The fraction of sp³-hybridized carbons (Fsp3) is 0.304. The summed E-state index contributed by atoms with van der Waals surface area (Å²) in [6.07, 6.45) is 14.7. The van der Waals surface area contributed by atoms with E-state index in [2.05, 4.69) is 175 Å². The maximum atomic E-state index is 3.69. The average molecular weight is 622 g/mol. The molecular weight excluding hydrogens is 567 g/mol. The molecule has 0 saturated heterocycles. The van der Waals surface area contributed by atoms with Crippen molar-refractivity contribution >= 4 is 17.3 Å². The van der Waals surface area contributed by atoms with E-state index in [1.807, 2.05) is 20.8 Å². The van der Waals surface area contributed by atoms with Crippen LogP contribution >= 0.6 is 0 Å². The monoisotopic (exact) mass is 621 g/mol. The molecule has 1 N–H and O–H groups in total. The molecule has 0 spiro atoms. The molecule has 1 unspecified atom stereocenters. The molecule has 1 aliphatic heterocycles. The maximum Gasteiger partial charge on any atom is 0.0450 e. The zero-order valence-corrected chi connectivity index (χ0v) is 30.5. The Morgan fingerprint density at radius 2 is 1.51 bits per heavy atom. The highest BCUT2D eigenvalue weighted by Gasteiger charge is 2.30. The summed E-state index contributed by atoms with van der Waals surface area (Å²) < 4.78 is 0. The Morgan fingerprint density at radius 3 is 2.21 bits per heavy atom. The fourth-order valence-corrected chi connectivity index (χ4v) is 7.11. The zero-order valence-electron chi connectivity index (χ0n) is 30.5. The van der Waals surface area contributed by atoms with Crippen molar-refractivity contribution in [3.8, 4) is 11.1 Å². The number of nitrogens with one attached hydrogen (secondary N) is 1. The van der Waals surface area contributed by atoms with Crippen molar-refractivity contribution in [3.05, 3.63) is 159 Å². The first-order valence-corrected chi connectivity index (χ1v) is 17.5. The lowest BCUT2D eigenvalue weighted by atomic mass is 9.73. The number of fused-ring (bicyclic) bond motifs is 1. The topological polar surface area (TPSA) is 12.0 Å². The van der Waals surface area contributed by atoms with E-state index in [9.17, 15) is 0 Å². The molecule has 47 heavy (non-hydrogen) atoms. The van der Waals surface area contributed by atoms with Gasteiger partial charge in [-0.25, -0.2) is 0 Å². The Labute approximate surface area is 285 Å². The number of hydrogen-bond acceptors (Lipinski definition) is 1. The molecule has 0 saturated carbocycles. The summed E-state index contributed by atoms with van der Waals surface area (Å²) in [4.78, 5) is 0. The SMILES string of the molecule is CC.CC=CCC.Cc1ccc(C2=CC(C)(C3=c4ccccc4=CCN3)C=C2)cc1-c1cccc(C(C)(C)c2ccccc2C)c1C. The number of benzene rings is 4. The van der Waals surface area contributed by atoms with Crippen molar-refractivity contribution in [2.24, 2.45) is 5.41 Å². The van der Waals surface area contributed by atoms with Crippen molar-refractivity contribution in [3.63, 3.8) is 0 Å². The first-order valence-electron chi connectivity index (χ1n) is 17.5. The van der Waals surface area contributed by atoms with Gasteiger partial charge in [0.15, 0.2) is 0 Å². The number of hydrogen-bond donors (Lipinski definition) is 1. The highest BCUT2D eigenvalue weighted by molar-refractivity contribution is 5.85. The molecule has 1 atom stereocenters. The van der Waals surface area contributed by atoms with E-state index in [1.54, 1.807) is 0 Å². The van der Waals surface area contributed by atoms with Gasteiger partial charge in [-0.05, 0) is 102 Å². The van der Waals surface area contributed by atoms with Gasteiger partial charge in [-0.2, -0.15) is 0 Å². The molecule has 0 fully saturated rings. The van der Waals surface area contributed by atoms with E-state index < -0.39 is 0 Å². The Balaban J connectivity index is 0.000000655. The second kappa shape index (κ2) is 15.5. The standard InChI is InChI=1S/C39H39N.C5H10.C2H6/c1-26-18-19-30(31-20-22-39(6,25-31)37-33-14-9-8-13-29(33)21-23-40-37)24-34(26)32-15-11-17-36(28(32)3)38(4,5)35-16-10-7-12-27(35)2;1-3-5-4-2;1-2/h7-22,24-25,40H,23H2,1-6H3;3,5H,4H2,1-2H3;1-2H3. The van der Waals surface area contributed by atoms with Crippen molar-refractivity contribution in [2.45, 2.75) is 81.1 Å². The first kappa shape index (κ1) is 35.5. The van der Waals surface area contributed by atoms with Crippen LogP contribution in [-0.2, 0) is 5.41 Å². The average Bonchev–Trinajstić information content (AvgIpc) is 3.49. The first-order chi connectivity index (χ1) is 22.6. The third kappa shape index (κ3) is 7.46. The molecule has 4 aromatic rings. The van der Waals surface area contributed by atoms with Gasteiger partial charge in [0.2, 0.25) is 0 Å². The number of aryl methyl sites for hydroxylation is 2. The van der Waals surface area contributed by atoms with E-state index >= 15 is 0 Å². The van der Waals surface area contributed by atoms with E-state index in [-0.39, 0.29) is 10.8 Å². The highest BCUT2D eigenvalue weighted by Crippen LogP contribution is 2.42. The Hall–Kier alpha value is -4.36. The van der Waals surface area contributed by atoms with Crippen molar-refractivity contribution in [1.29, 1.82) is 0 Å². The predicted molar refractivity (Wildman–Crippen MR) is 208 cm³/mol. The number of rotatable bonds is 6. The third-order valence-electron chi connectivity index (χ3n) is 9.59. The molecule has 1 heteroatoms. The molecule has 2 aliphatic rings. The number of allylic oxidation sites excluding steroid dienone is 4. The van der Waals surface area contributed by atoms with E-state index in [4.69, 9.17) is 0 Å². The van der Waals surface area contributed by atoms with Crippen LogP contribution in [0.4, 0.5) is 0 Å². The molecule has 6 rings (SSSR count). The van der Waals surface area contributed by atoms with Crippen LogP contribution in [0, 0.1) is 26.2 Å². The molecule has 244 valence electrons. The second-order valence-electron chi connectivity index (χ2n) is 13.2. The lowest BCUT2D eigenvalue weighted by molar-refractivity contribution is 0.631. The molecule has 1 heterocycles. The minimum Gasteiger partial charge on any atom is -0.383 e. The summed E-state index contributed by atoms with van der Waals surface area (Å²) >= 11 is 0. The zero-order chi connectivity index (χ0) is 34.2. The largest absolute Gasteiger partial charge is 0.383 e. The van der Waals surface area contributed by atoms with Gasteiger partial charge in [0, 0.05) is 28.3 Å². The highest BCUT2D eigenvalue weighted by atomic mass is 14.9. The molecule has 4 aromatic carbocycles. The van der Waals surface area contributed by atoms with Crippen molar-refractivity contribution in [1.82, 2.24) is 5.32 Å². The summed E-state index contributed by atoms with van der Waals surface area (Å²) in [5.41, 5.74) is 12.9. The minimum atomic E-state index is -0.169. The fourth-order valence-electron chi connectivity index (χ4n) is 7.11. The summed E-state index contributed by atoms with van der Waals surface area (Å²) in [5, 5.41) is 6.30. The van der Waals surface area contributed by atoms with Crippen LogP contribution in [0.1, 0.15) is 88.3 Å². The van der Waals surface area contributed by atoms with Crippen molar-refractivity contribution in [2.75, 3.05) is 6.54 Å². The molecule has 0 radical (unpaired) electrons. The van der Waals surface area contributed by atoms with Crippen LogP contribution in [0.15, 0.2) is 115 Å². The van der Waals surface area contributed by atoms with Crippen LogP contribution in [0.3, 0.4) is 0 Å². The van der Waals surface area contributed by atoms with Gasteiger partial charge in [-0.1, -0.05) is 150 Å². The smallest absolute Gasteiger partial charge is 0.0450 e. The quantitative estimate of drug-likeness (QED) is 0.211. The van der Waals surface area contributed by atoms with Gasteiger partial charge in [0.05, 0.1) is 0 Å². The molecule has 0 bridgehead atoms. The van der Waals surface area contributed by atoms with Gasteiger partial charge in [0.25, 0.3) is 0 Å². The van der Waals surface area contributed by atoms with Gasteiger partial charge in [0.1, 0.15) is 0 Å². The van der Waals surface area contributed by atoms with Crippen LogP contribution < -0.4 is 15.8 Å². The van der Waals surface area contributed by atoms with Crippen LogP contribution in [0.2, 0.25) is 0 Å². The summed E-state index contributed by atoms with van der Waals surface area (Å²) in [5.74, 6) is 0. The molecule has 0 amide bonds. The molecule has 0 aromatic heterocycles. The molecule has 1 nitrogen and oxygen atoms in total. The lowest BCUT2D eigenvalue weighted by Crippen LogP contribution is -2.42. The summed E-state index contributed by atoms with van der Waals surface area (Å²) in [6.45, 7) is 22.8. The molecular formula is C46H55N. The van der Waals surface area contributed by atoms with Gasteiger partial charge < -0.3 is 5.32 Å². The van der Waals surface area contributed by atoms with Crippen LogP contribution in [-0.4, -0.2) is 6.54 Å². The van der Waals surface area contributed by atoms with E-state index in [0.717, 1.165) is 13.0 Å². The van der Waals surface area contributed by atoms with Crippen molar-refractivity contribution < 1.29 is 0 Å². The minimum absolute atomic E-state index is 0.0899. The summed E-state index contributed by atoms with van der Waals surface area (Å²) in [6, 6.07) is 31.3. The maximum absolute atomic E-state index is 3.69. The molecule has 1 aliphatic carbocycles. The van der Waals surface area contributed by atoms with E-state index in [1.165, 1.54) is 66.2 Å². The lowest BCUT2D eigenvalue weighted by Gasteiger charge is -2.30. The summed E-state index contributed by atoms with van der Waals surface area (Å²) in [7, 11) is 0. The third-order valence-corrected chi connectivity index (χ3v) is 9.59. The van der Waals surface area contributed by atoms with Gasteiger partial charge >= 0.3 is 0 Å². The van der Waals surface area contributed by atoms with E-state index in [0.29, 0.717) is 0 Å². The van der Waals surface area contributed by atoms with Crippen LogP contribution in [0.25, 0.3) is 28.5 Å². The van der Waals surface area contributed by atoms with Crippen LogP contribution in [0.5, 0.6) is 0 Å². The van der Waals surface area contributed by atoms with Gasteiger partial charge in [-0.15, -0.1) is 0 Å². The normalized spacial score (nSPS) is 16.6. The second-order valence-corrected chi connectivity index (χ2v) is 13.2.